The van der Waals surface area contributed by atoms with Gasteiger partial charge in [-0.05, 0) is 62.9 Å². The molecule has 5 heteroatoms. The Kier molecular flexibility index (Phi) is 5.00. The predicted octanol–water partition coefficient (Wildman–Crippen LogP) is 4.24. The van der Waals surface area contributed by atoms with Gasteiger partial charge in [0.2, 0.25) is 0 Å². The molecule has 1 saturated heterocycles. The monoisotopic (exact) mass is 342 g/mol. The van der Waals surface area contributed by atoms with Crippen LogP contribution in [0.4, 0.5) is 5.69 Å². The lowest BCUT2D eigenvalue weighted by atomic mass is 10.1. The molecule has 24 heavy (non-hydrogen) atoms. The molecule has 1 aliphatic heterocycles. The second-order valence-electron chi connectivity index (χ2n) is 6.21. The van der Waals surface area contributed by atoms with Crippen LogP contribution in [-0.2, 0) is 0 Å². The van der Waals surface area contributed by atoms with Crippen molar-refractivity contribution in [3.05, 3.63) is 51.2 Å². The summed E-state index contributed by atoms with van der Waals surface area (Å²) in [6.07, 6.45) is 3.37. The average Bonchev–Trinajstić information content (AvgIpc) is 2.95. The molecule has 1 aliphatic rings. The van der Waals surface area contributed by atoms with Crippen molar-refractivity contribution >= 4 is 28.8 Å². The standard InChI is InChI=1S/C19H22N2O2S/c1-13-14(2)24-12-17(13)18(22)20-16-8-6-15(7-9-16)19(23)21-10-4-3-5-11-21/h6-9,12H,3-5,10-11H2,1-2H3,(H,20,22). The van der Waals surface area contributed by atoms with Gasteiger partial charge in [0.1, 0.15) is 0 Å². The molecule has 3 rings (SSSR count). The first-order chi connectivity index (χ1) is 11.6. The Morgan fingerprint density at radius 2 is 1.71 bits per heavy atom. The fourth-order valence-corrected chi connectivity index (χ4v) is 3.78. The van der Waals surface area contributed by atoms with Gasteiger partial charge >= 0.3 is 0 Å². The molecule has 1 N–H and O–H groups in total. The molecule has 0 atom stereocenters. The zero-order valence-corrected chi connectivity index (χ0v) is 14.9. The summed E-state index contributed by atoms with van der Waals surface area (Å²) in [6, 6.07) is 7.17. The predicted molar refractivity (Wildman–Crippen MR) is 97.9 cm³/mol. The molecule has 0 saturated carbocycles. The second-order valence-corrected chi connectivity index (χ2v) is 7.30. The summed E-state index contributed by atoms with van der Waals surface area (Å²) in [5.74, 6) is -0.0242. The van der Waals surface area contributed by atoms with Gasteiger partial charge in [-0.1, -0.05) is 0 Å². The van der Waals surface area contributed by atoms with Gasteiger partial charge in [-0.3, -0.25) is 9.59 Å². The number of hydrogen-bond acceptors (Lipinski definition) is 3. The van der Waals surface area contributed by atoms with Crippen LogP contribution in [0.1, 0.15) is 50.4 Å². The van der Waals surface area contributed by atoms with Crippen LogP contribution in [0.3, 0.4) is 0 Å². The van der Waals surface area contributed by atoms with Crippen molar-refractivity contribution in [3.63, 3.8) is 0 Å². The third kappa shape index (κ3) is 3.51. The van der Waals surface area contributed by atoms with Gasteiger partial charge < -0.3 is 10.2 Å². The summed E-state index contributed by atoms with van der Waals surface area (Å²) < 4.78 is 0. The highest BCUT2D eigenvalue weighted by Crippen LogP contribution is 2.22. The van der Waals surface area contributed by atoms with E-state index in [9.17, 15) is 9.59 Å². The highest BCUT2D eigenvalue weighted by atomic mass is 32.1. The van der Waals surface area contributed by atoms with E-state index in [2.05, 4.69) is 5.32 Å². The minimum absolute atomic E-state index is 0.0804. The molecule has 0 aliphatic carbocycles. The third-order valence-electron chi connectivity index (χ3n) is 4.56. The van der Waals surface area contributed by atoms with E-state index in [4.69, 9.17) is 0 Å². The number of amides is 2. The summed E-state index contributed by atoms with van der Waals surface area (Å²) in [7, 11) is 0. The number of likely N-dealkylation sites (tertiary alicyclic amines) is 1. The van der Waals surface area contributed by atoms with E-state index in [0.717, 1.165) is 36.4 Å². The maximum Gasteiger partial charge on any atom is 0.256 e. The zero-order valence-electron chi connectivity index (χ0n) is 14.1. The number of aryl methyl sites for hydroxylation is 1. The van der Waals surface area contributed by atoms with Crippen LogP contribution >= 0.6 is 11.3 Å². The number of carbonyl (C=O) groups excluding carboxylic acids is 2. The fourth-order valence-electron chi connectivity index (χ4n) is 2.91. The summed E-state index contributed by atoms with van der Waals surface area (Å²) in [4.78, 5) is 27.8. The quantitative estimate of drug-likeness (QED) is 0.907. The number of nitrogens with one attached hydrogen (secondary N) is 1. The Bertz CT molecular complexity index is 743. The molecule has 1 aromatic carbocycles. The van der Waals surface area contributed by atoms with E-state index in [0.29, 0.717) is 16.8 Å². The van der Waals surface area contributed by atoms with Crippen LogP contribution in [0.5, 0.6) is 0 Å². The van der Waals surface area contributed by atoms with E-state index < -0.39 is 0 Å². The molecule has 0 spiro atoms. The van der Waals surface area contributed by atoms with Crippen molar-refractivity contribution in [2.24, 2.45) is 0 Å². The van der Waals surface area contributed by atoms with Crippen molar-refractivity contribution in [1.29, 1.82) is 0 Å². The molecule has 0 bridgehead atoms. The topological polar surface area (TPSA) is 49.4 Å². The van der Waals surface area contributed by atoms with E-state index in [-0.39, 0.29) is 11.8 Å². The number of nitrogens with zero attached hydrogens (tertiary/aromatic N) is 1. The number of rotatable bonds is 3. The van der Waals surface area contributed by atoms with Gasteiger partial charge in [0.05, 0.1) is 5.56 Å². The third-order valence-corrected chi connectivity index (χ3v) is 5.58. The Morgan fingerprint density at radius 1 is 1.04 bits per heavy atom. The minimum atomic E-state index is -0.105. The highest BCUT2D eigenvalue weighted by Gasteiger charge is 2.18. The van der Waals surface area contributed by atoms with Crippen LogP contribution in [0, 0.1) is 13.8 Å². The van der Waals surface area contributed by atoms with Crippen molar-refractivity contribution in [1.82, 2.24) is 4.90 Å². The lowest BCUT2D eigenvalue weighted by molar-refractivity contribution is 0.0724. The van der Waals surface area contributed by atoms with Gasteiger partial charge in [-0.15, -0.1) is 11.3 Å². The number of thiophene rings is 1. The van der Waals surface area contributed by atoms with Crippen LogP contribution in [-0.4, -0.2) is 29.8 Å². The molecule has 126 valence electrons. The van der Waals surface area contributed by atoms with Crippen LogP contribution in [0.2, 0.25) is 0 Å². The summed E-state index contributed by atoms with van der Waals surface area (Å²) >= 11 is 1.58. The molecule has 2 aromatic rings. The minimum Gasteiger partial charge on any atom is -0.339 e. The Hall–Kier alpha value is -2.14. The number of anilines is 1. The molecule has 2 amide bonds. The molecule has 4 nitrogen and oxygen atoms in total. The van der Waals surface area contributed by atoms with Crippen molar-refractivity contribution in [2.45, 2.75) is 33.1 Å². The van der Waals surface area contributed by atoms with Crippen molar-refractivity contribution in [3.8, 4) is 0 Å². The van der Waals surface area contributed by atoms with E-state index in [1.54, 1.807) is 35.6 Å². The molecule has 1 fully saturated rings. The maximum atomic E-state index is 12.4. The largest absolute Gasteiger partial charge is 0.339 e. The summed E-state index contributed by atoms with van der Waals surface area (Å²) in [6.45, 7) is 5.65. The van der Waals surface area contributed by atoms with Crippen LogP contribution in [0.25, 0.3) is 0 Å². The average molecular weight is 342 g/mol. The maximum absolute atomic E-state index is 12.4. The molecule has 0 unspecified atom stereocenters. The first kappa shape index (κ1) is 16.7. The van der Waals surface area contributed by atoms with Gasteiger partial charge in [0.15, 0.2) is 0 Å². The van der Waals surface area contributed by atoms with E-state index >= 15 is 0 Å². The number of benzene rings is 1. The lowest BCUT2D eigenvalue weighted by Gasteiger charge is -2.26. The van der Waals surface area contributed by atoms with Crippen LogP contribution in [0.15, 0.2) is 29.6 Å². The second kappa shape index (κ2) is 7.18. The number of piperidine rings is 1. The molecular weight excluding hydrogens is 320 g/mol. The zero-order chi connectivity index (χ0) is 17.1. The van der Waals surface area contributed by atoms with Gasteiger partial charge in [0.25, 0.3) is 11.8 Å². The van der Waals surface area contributed by atoms with Gasteiger partial charge in [0, 0.05) is 34.6 Å². The fraction of sp³-hybridized carbons (Fsp3) is 0.368. The van der Waals surface area contributed by atoms with Crippen molar-refractivity contribution in [2.75, 3.05) is 18.4 Å². The molecular formula is C19H22N2O2S. The normalized spacial score (nSPS) is 14.5. The van der Waals surface area contributed by atoms with Crippen molar-refractivity contribution < 1.29 is 9.59 Å². The molecule has 1 aromatic heterocycles. The molecule has 0 radical (unpaired) electrons. The van der Waals surface area contributed by atoms with Gasteiger partial charge in [-0.25, -0.2) is 0 Å². The number of hydrogen-bond donors (Lipinski definition) is 1. The first-order valence-electron chi connectivity index (χ1n) is 8.31. The van der Waals surface area contributed by atoms with E-state index in [1.807, 2.05) is 24.1 Å². The highest BCUT2D eigenvalue weighted by molar-refractivity contribution is 7.10. The number of carbonyl (C=O) groups is 2. The smallest absolute Gasteiger partial charge is 0.256 e. The Morgan fingerprint density at radius 3 is 2.29 bits per heavy atom. The summed E-state index contributed by atoms with van der Waals surface area (Å²) in [5.41, 5.74) is 3.12. The van der Waals surface area contributed by atoms with E-state index in [1.165, 1.54) is 6.42 Å². The first-order valence-corrected chi connectivity index (χ1v) is 9.19. The SMILES string of the molecule is Cc1scc(C(=O)Nc2ccc(C(=O)N3CCCCC3)cc2)c1C. The molecule has 2 heterocycles. The van der Waals surface area contributed by atoms with Crippen LogP contribution < -0.4 is 5.32 Å². The lowest BCUT2D eigenvalue weighted by Crippen LogP contribution is -2.35. The Balaban J connectivity index is 1.67. The van der Waals surface area contributed by atoms with Gasteiger partial charge in [-0.2, -0.15) is 0 Å². The Labute approximate surface area is 146 Å². The summed E-state index contributed by atoms with van der Waals surface area (Å²) in [5, 5.41) is 4.78.